The van der Waals surface area contributed by atoms with Gasteiger partial charge in [-0.1, -0.05) is 30.3 Å². The Morgan fingerprint density at radius 2 is 1.77 bits per heavy atom. The van der Waals surface area contributed by atoms with Crippen LogP contribution in [0.3, 0.4) is 0 Å². The number of rotatable bonds is 9. The second-order valence-corrected chi connectivity index (χ2v) is 7.33. The minimum absolute atomic E-state index is 0.238. The molecule has 0 spiro atoms. The smallest absolute Gasteiger partial charge is 0.252 e. The molecule has 8 heteroatoms. The standard InChI is InChI=1S/C23H27N5O3/c1-16(2)28-15-25-27-20(28)13-14-24-23(30)21(17-7-5-4-6-8-17)26-22(29)18-9-11-19(31-3)12-10-18/h4-12,15-16,21H,13-14H2,1-3H3,(H,24,30)(H,26,29). The quantitative estimate of drug-likeness (QED) is 0.554. The van der Waals surface area contributed by atoms with Gasteiger partial charge in [-0.2, -0.15) is 0 Å². The van der Waals surface area contributed by atoms with E-state index >= 15 is 0 Å². The van der Waals surface area contributed by atoms with Gasteiger partial charge in [-0.05, 0) is 43.7 Å². The number of aromatic nitrogens is 3. The van der Waals surface area contributed by atoms with E-state index in [0.717, 1.165) is 5.82 Å². The molecule has 3 rings (SSSR count). The molecule has 0 radical (unpaired) electrons. The third kappa shape index (κ3) is 5.69. The second-order valence-electron chi connectivity index (χ2n) is 7.33. The zero-order chi connectivity index (χ0) is 22.2. The zero-order valence-corrected chi connectivity index (χ0v) is 17.9. The first kappa shape index (κ1) is 22.0. The van der Waals surface area contributed by atoms with Gasteiger partial charge in [0.25, 0.3) is 5.91 Å². The van der Waals surface area contributed by atoms with E-state index in [1.165, 1.54) is 0 Å². The Kier molecular flexibility index (Phi) is 7.37. The lowest BCUT2D eigenvalue weighted by atomic mass is 10.1. The Morgan fingerprint density at radius 1 is 1.06 bits per heavy atom. The van der Waals surface area contributed by atoms with Crippen molar-refractivity contribution in [2.75, 3.05) is 13.7 Å². The van der Waals surface area contributed by atoms with Crippen LogP contribution in [0.4, 0.5) is 0 Å². The van der Waals surface area contributed by atoms with Gasteiger partial charge in [0.15, 0.2) is 0 Å². The molecule has 3 aromatic rings. The van der Waals surface area contributed by atoms with Crippen molar-refractivity contribution < 1.29 is 14.3 Å². The minimum atomic E-state index is -0.821. The highest BCUT2D eigenvalue weighted by Crippen LogP contribution is 2.16. The number of methoxy groups -OCH3 is 1. The molecule has 1 atom stereocenters. The zero-order valence-electron chi connectivity index (χ0n) is 17.9. The van der Waals surface area contributed by atoms with Crippen molar-refractivity contribution >= 4 is 11.8 Å². The van der Waals surface area contributed by atoms with E-state index in [2.05, 4.69) is 20.8 Å². The molecule has 0 saturated carbocycles. The molecule has 8 nitrogen and oxygen atoms in total. The monoisotopic (exact) mass is 421 g/mol. The van der Waals surface area contributed by atoms with Gasteiger partial charge in [-0.25, -0.2) is 0 Å². The number of carbonyl (C=O) groups excluding carboxylic acids is 2. The molecule has 0 aliphatic rings. The van der Waals surface area contributed by atoms with E-state index in [1.54, 1.807) is 37.7 Å². The van der Waals surface area contributed by atoms with Crippen molar-refractivity contribution in [1.82, 2.24) is 25.4 Å². The lowest BCUT2D eigenvalue weighted by Gasteiger charge is -2.19. The summed E-state index contributed by atoms with van der Waals surface area (Å²) < 4.78 is 7.09. The summed E-state index contributed by atoms with van der Waals surface area (Å²) >= 11 is 0. The van der Waals surface area contributed by atoms with Crippen molar-refractivity contribution in [3.63, 3.8) is 0 Å². The summed E-state index contributed by atoms with van der Waals surface area (Å²) in [5, 5.41) is 13.8. The topological polar surface area (TPSA) is 98.1 Å². The first-order valence-corrected chi connectivity index (χ1v) is 10.2. The van der Waals surface area contributed by atoms with Crippen molar-refractivity contribution in [2.24, 2.45) is 0 Å². The van der Waals surface area contributed by atoms with Gasteiger partial charge in [0, 0.05) is 24.6 Å². The molecule has 0 bridgehead atoms. The van der Waals surface area contributed by atoms with Crippen LogP contribution in [0.2, 0.25) is 0 Å². The van der Waals surface area contributed by atoms with Gasteiger partial charge in [0.2, 0.25) is 5.91 Å². The van der Waals surface area contributed by atoms with Crippen molar-refractivity contribution in [1.29, 1.82) is 0 Å². The third-order valence-electron chi connectivity index (χ3n) is 4.87. The molecule has 0 fully saturated rings. The summed E-state index contributed by atoms with van der Waals surface area (Å²) in [4.78, 5) is 25.7. The highest BCUT2D eigenvalue weighted by Gasteiger charge is 2.23. The van der Waals surface area contributed by atoms with Crippen LogP contribution in [-0.2, 0) is 11.2 Å². The van der Waals surface area contributed by atoms with Gasteiger partial charge >= 0.3 is 0 Å². The highest BCUT2D eigenvalue weighted by atomic mass is 16.5. The fourth-order valence-electron chi connectivity index (χ4n) is 3.18. The molecule has 1 heterocycles. The lowest BCUT2D eigenvalue weighted by Crippen LogP contribution is -2.41. The number of hydrogen-bond acceptors (Lipinski definition) is 5. The van der Waals surface area contributed by atoms with Gasteiger partial charge in [-0.15, -0.1) is 10.2 Å². The van der Waals surface area contributed by atoms with Crippen LogP contribution < -0.4 is 15.4 Å². The largest absolute Gasteiger partial charge is 0.497 e. The fraction of sp³-hybridized carbons (Fsp3) is 0.304. The van der Waals surface area contributed by atoms with Crippen molar-refractivity contribution in [3.8, 4) is 5.75 Å². The lowest BCUT2D eigenvalue weighted by molar-refractivity contribution is -0.123. The molecule has 0 saturated heterocycles. The van der Waals surface area contributed by atoms with Gasteiger partial charge in [0.05, 0.1) is 7.11 Å². The molecule has 162 valence electrons. The molecule has 1 aromatic heterocycles. The van der Waals surface area contributed by atoms with E-state index in [4.69, 9.17) is 4.74 Å². The molecular formula is C23H27N5O3. The van der Waals surface area contributed by atoms with E-state index in [1.807, 2.05) is 48.7 Å². The van der Waals surface area contributed by atoms with Crippen LogP contribution in [0.25, 0.3) is 0 Å². The average molecular weight is 422 g/mol. The fourth-order valence-corrected chi connectivity index (χ4v) is 3.18. The summed E-state index contributed by atoms with van der Waals surface area (Å²) in [6, 6.07) is 15.3. The summed E-state index contributed by atoms with van der Waals surface area (Å²) in [5.74, 6) is 0.826. The molecule has 31 heavy (non-hydrogen) atoms. The van der Waals surface area contributed by atoms with Gasteiger partial charge in [-0.3, -0.25) is 9.59 Å². The maximum Gasteiger partial charge on any atom is 0.252 e. The van der Waals surface area contributed by atoms with Gasteiger partial charge in [0.1, 0.15) is 23.9 Å². The van der Waals surface area contributed by atoms with E-state index in [9.17, 15) is 9.59 Å². The number of amides is 2. The van der Waals surface area contributed by atoms with Crippen LogP contribution in [0, 0.1) is 0 Å². The highest BCUT2D eigenvalue weighted by molar-refractivity contribution is 5.98. The first-order valence-electron chi connectivity index (χ1n) is 10.2. The predicted octanol–water partition coefficient (Wildman–Crippen LogP) is 2.70. The molecule has 2 N–H and O–H groups in total. The van der Waals surface area contributed by atoms with Crippen LogP contribution in [0.1, 0.15) is 47.7 Å². The van der Waals surface area contributed by atoms with E-state index in [0.29, 0.717) is 29.8 Å². The summed E-state index contributed by atoms with van der Waals surface area (Å²) in [5.41, 5.74) is 1.15. The van der Waals surface area contributed by atoms with Crippen LogP contribution in [0.5, 0.6) is 5.75 Å². The van der Waals surface area contributed by atoms with Crippen molar-refractivity contribution in [3.05, 3.63) is 77.9 Å². The number of nitrogens with zero attached hydrogens (tertiary/aromatic N) is 3. The maximum absolute atomic E-state index is 13.0. The van der Waals surface area contributed by atoms with E-state index < -0.39 is 6.04 Å². The van der Waals surface area contributed by atoms with Crippen LogP contribution in [-0.4, -0.2) is 40.2 Å². The second kappa shape index (κ2) is 10.4. The minimum Gasteiger partial charge on any atom is -0.497 e. The van der Waals surface area contributed by atoms with Crippen LogP contribution >= 0.6 is 0 Å². The molecular weight excluding hydrogens is 394 g/mol. The molecule has 2 aromatic carbocycles. The third-order valence-corrected chi connectivity index (χ3v) is 4.87. The molecule has 0 aliphatic carbocycles. The number of carbonyl (C=O) groups is 2. The number of ether oxygens (including phenoxy) is 1. The first-order chi connectivity index (χ1) is 15.0. The number of benzene rings is 2. The number of hydrogen-bond donors (Lipinski definition) is 2. The van der Waals surface area contributed by atoms with Gasteiger partial charge < -0.3 is 19.9 Å². The average Bonchev–Trinajstić information content (AvgIpc) is 3.27. The maximum atomic E-state index is 13.0. The molecule has 2 amide bonds. The normalized spacial score (nSPS) is 11.7. The van der Waals surface area contributed by atoms with Crippen molar-refractivity contribution in [2.45, 2.75) is 32.4 Å². The van der Waals surface area contributed by atoms with E-state index in [-0.39, 0.29) is 17.9 Å². The molecule has 0 aliphatic heterocycles. The Morgan fingerprint density at radius 3 is 2.42 bits per heavy atom. The number of nitrogens with one attached hydrogen (secondary N) is 2. The summed E-state index contributed by atoms with van der Waals surface area (Å²) in [6.45, 7) is 4.48. The summed E-state index contributed by atoms with van der Waals surface area (Å²) in [6.07, 6.45) is 2.22. The van der Waals surface area contributed by atoms with Crippen LogP contribution in [0.15, 0.2) is 60.9 Å². The SMILES string of the molecule is COc1ccc(C(=O)NC(C(=O)NCCc2nncn2C(C)C)c2ccccc2)cc1. The Bertz CT molecular complexity index is 1000. The Balaban J connectivity index is 1.68. The Labute approximate surface area is 181 Å². The molecule has 1 unspecified atom stereocenters. The Hall–Kier alpha value is -3.68. The summed E-state index contributed by atoms with van der Waals surface area (Å²) in [7, 11) is 1.56. The predicted molar refractivity (Wildman–Crippen MR) is 117 cm³/mol.